The molecule has 0 aliphatic heterocycles. The van der Waals surface area contributed by atoms with Gasteiger partial charge in [0.05, 0.1) is 12.5 Å². The summed E-state index contributed by atoms with van der Waals surface area (Å²) in [6.07, 6.45) is 7.12. The molecular weight excluding hydrogens is 344 g/mol. The molecule has 142 valence electrons. The van der Waals surface area contributed by atoms with Gasteiger partial charge in [0, 0.05) is 18.5 Å². The molecule has 0 unspecified atom stereocenters. The molecule has 0 saturated heterocycles. The van der Waals surface area contributed by atoms with Gasteiger partial charge in [0.25, 0.3) is 5.56 Å². The standard InChI is InChI=1S/C21H24N2O4/c1-3-17-22-20-18(21(25)23(17)13-8-6-4-5-7-9-13)19(24)15-11-10-14(26-2)12-16(15)27-20/h10-13H,3-9H2,1-2H3. The first-order valence-corrected chi connectivity index (χ1v) is 9.70. The fraction of sp³-hybridized carbons (Fsp3) is 0.476. The summed E-state index contributed by atoms with van der Waals surface area (Å²) in [6.45, 7) is 1.98. The largest absolute Gasteiger partial charge is 0.497 e. The highest BCUT2D eigenvalue weighted by atomic mass is 16.5. The summed E-state index contributed by atoms with van der Waals surface area (Å²) in [5.41, 5.74) is -0.0906. The summed E-state index contributed by atoms with van der Waals surface area (Å²) >= 11 is 0. The first-order valence-electron chi connectivity index (χ1n) is 9.70. The van der Waals surface area contributed by atoms with E-state index in [9.17, 15) is 9.59 Å². The minimum atomic E-state index is -0.323. The molecule has 3 aromatic rings. The number of methoxy groups -OCH3 is 1. The van der Waals surface area contributed by atoms with Crippen molar-refractivity contribution in [3.05, 3.63) is 44.6 Å². The van der Waals surface area contributed by atoms with Crippen molar-refractivity contribution >= 4 is 22.1 Å². The molecule has 0 amide bonds. The molecule has 27 heavy (non-hydrogen) atoms. The molecule has 6 nitrogen and oxygen atoms in total. The summed E-state index contributed by atoms with van der Waals surface area (Å²) < 4.78 is 12.8. The van der Waals surface area contributed by atoms with Crippen LogP contribution < -0.4 is 15.7 Å². The van der Waals surface area contributed by atoms with Crippen molar-refractivity contribution in [3.8, 4) is 5.75 Å². The van der Waals surface area contributed by atoms with Crippen LogP contribution in [-0.4, -0.2) is 16.7 Å². The van der Waals surface area contributed by atoms with E-state index in [0.717, 1.165) is 25.7 Å². The van der Waals surface area contributed by atoms with Gasteiger partial charge < -0.3 is 9.15 Å². The number of benzene rings is 1. The van der Waals surface area contributed by atoms with Crippen LogP contribution in [0.1, 0.15) is 57.3 Å². The Morgan fingerprint density at radius 1 is 1.19 bits per heavy atom. The van der Waals surface area contributed by atoms with E-state index in [1.807, 2.05) is 6.92 Å². The van der Waals surface area contributed by atoms with E-state index in [4.69, 9.17) is 9.15 Å². The van der Waals surface area contributed by atoms with E-state index in [2.05, 4.69) is 4.98 Å². The fourth-order valence-corrected chi connectivity index (χ4v) is 4.11. The van der Waals surface area contributed by atoms with Crippen molar-refractivity contribution < 1.29 is 9.15 Å². The zero-order valence-electron chi connectivity index (χ0n) is 15.8. The molecule has 6 heteroatoms. The normalized spacial score (nSPS) is 15.9. The number of aryl methyl sites for hydroxylation is 1. The van der Waals surface area contributed by atoms with Crippen molar-refractivity contribution in [2.75, 3.05) is 7.11 Å². The van der Waals surface area contributed by atoms with E-state index in [0.29, 0.717) is 29.0 Å². The van der Waals surface area contributed by atoms with Crippen molar-refractivity contribution in [2.24, 2.45) is 0 Å². The lowest BCUT2D eigenvalue weighted by Gasteiger charge is -2.21. The molecule has 1 aliphatic carbocycles. The van der Waals surface area contributed by atoms with Gasteiger partial charge in [0.15, 0.2) is 5.39 Å². The van der Waals surface area contributed by atoms with Crippen LogP contribution in [0.3, 0.4) is 0 Å². The van der Waals surface area contributed by atoms with E-state index < -0.39 is 0 Å². The number of nitrogens with zero attached hydrogens (tertiary/aromatic N) is 2. The van der Waals surface area contributed by atoms with Gasteiger partial charge in [-0.2, -0.15) is 4.98 Å². The maximum Gasteiger partial charge on any atom is 0.269 e. The second kappa shape index (κ2) is 7.18. The summed E-state index contributed by atoms with van der Waals surface area (Å²) in [7, 11) is 1.55. The second-order valence-electron chi connectivity index (χ2n) is 7.18. The van der Waals surface area contributed by atoms with Crippen LogP contribution in [0, 0.1) is 0 Å². The number of ether oxygens (including phenoxy) is 1. The van der Waals surface area contributed by atoms with E-state index in [1.165, 1.54) is 12.8 Å². The van der Waals surface area contributed by atoms with Gasteiger partial charge >= 0.3 is 0 Å². The number of aromatic nitrogens is 2. The summed E-state index contributed by atoms with van der Waals surface area (Å²) in [5, 5.41) is 0.424. The summed E-state index contributed by atoms with van der Waals surface area (Å²) in [5.74, 6) is 1.28. The average Bonchev–Trinajstić information content (AvgIpc) is 2.96. The minimum Gasteiger partial charge on any atom is -0.497 e. The third-order valence-electron chi connectivity index (χ3n) is 5.53. The predicted molar refractivity (Wildman–Crippen MR) is 105 cm³/mol. The third-order valence-corrected chi connectivity index (χ3v) is 5.53. The number of rotatable bonds is 3. The number of fused-ring (bicyclic) bond motifs is 2. The molecule has 2 heterocycles. The maximum absolute atomic E-state index is 13.3. The maximum atomic E-state index is 13.3. The molecule has 0 radical (unpaired) electrons. The smallest absolute Gasteiger partial charge is 0.269 e. The lowest BCUT2D eigenvalue weighted by molar-refractivity contribution is 0.412. The molecule has 4 rings (SSSR count). The van der Waals surface area contributed by atoms with Crippen molar-refractivity contribution in [1.29, 1.82) is 0 Å². The lowest BCUT2D eigenvalue weighted by atomic mass is 10.1. The van der Waals surface area contributed by atoms with Gasteiger partial charge in [-0.05, 0) is 25.0 Å². The van der Waals surface area contributed by atoms with Crippen LogP contribution in [0.2, 0.25) is 0 Å². The zero-order valence-corrected chi connectivity index (χ0v) is 15.8. The monoisotopic (exact) mass is 368 g/mol. The molecule has 0 bridgehead atoms. The Morgan fingerprint density at radius 2 is 1.93 bits per heavy atom. The Hall–Kier alpha value is -2.63. The summed E-state index contributed by atoms with van der Waals surface area (Å²) in [6, 6.07) is 5.10. The molecular formula is C21H24N2O4. The first-order chi connectivity index (χ1) is 13.1. The highest BCUT2D eigenvalue weighted by Gasteiger charge is 2.23. The number of hydrogen-bond donors (Lipinski definition) is 0. The van der Waals surface area contributed by atoms with Crippen LogP contribution in [0.15, 0.2) is 32.2 Å². The minimum absolute atomic E-state index is 0.0501. The van der Waals surface area contributed by atoms with Gasteiger partial charge in [-0.1, -0.05) is 32.6 Å². The molecule has 0 atom stereocenters. The van der Waals surface area contributed by atoms with Crippen LogP contribution in [-0.2, 0) is 6.42 Å². The van der Waals surface area contributed by atoms with Crippen LogP contribution in [0.25, 0.3) is 22.1 Å². The summed E-state index contributed by atoms with van der Waals surface area (Å²) in [4.78, 5) is 31.0. The third kappa shape index (κ3) is 3.03. The molecule has 2 aromatic heterocycles. The molecule has 0 N–H and O–H groups in total. The number of hydrogen-bond acceptors (Lipinski definition) is 5. The van der Waals surface area contributed by atoms with Crippen LogP contribution in [0.5, 0.6) is 5.75 Å². The van der Waals surface area contributed by atoms with Crippen molar-refractivity contribution in [2.45, 2.75) is 57.9 Å². The van der Waals surface area contributed by atoms with Crippen LogP contribution >= 0.6 is 0 Å². The fourth-order valence-electron chi connectivity index (χ4n) is 4.11. The highest BCUT2D eigenvalue weighted by Crippen LogP contribution is 2.28. The molecule has 1 aromatic carbocycles. The SMILES string of the molecule is CCc1nc2oc3cc(OC)ccc3c(=O)c2c(=O)n1C1CCCCCC1. The van der Waals surface area contributed by atoms with Crippen molar-refractivity contribution in [3.63, 3.8) is 0 Å². The van der Waals surface area contributed by atoms with Gasteiger partial charge in [-0.25, -0.2) is 0 Å². The Balaban J connectivity index is 2.01. The van der Waals surface area contributed by atoms with Crippen molar-refractivity contribution in [1.82, 2.24) is 9.55 Å². The van der Waals surface area contributed by atoms with E-state index in [1.54, 1.807) is 29.9 Å². The molecule has 1 saturated carbocycles. The molecule has 1 fully saturated rings. The van der Waals surface area contributed by atoms with Gasteiger partial charge in [-0.3, -0.25) is 14.2 Å². The van der Waals surface area contributed by atoms with E-state index in [-0.39, 0.29) is 28.1 Å². The second-order valence-corrected chi connectivity index (χ2v) is 7.18. The highest BCUT2D eigenvalue weighted by molar-refractivity contribution is 5.88. The molecule has 0 spiro atoms. The molecule has 1 aliphatic rings. The van der Waals surface area contributed by atoms with Gasteiger partial charge in [-0.15, -0.1) is 0 Å². The topological polar surface area (TPSA) is 74.3 Å². The van der Waals surface area contributed by atoms with Crippen LogP contribution in [0.4, 0.5) is 0 Å². The lowest BCUT2D eigenvalue weighted by Crippen LogP contribution is -2.32. The Labute approximate surface area is 156 Å². The van der Waals surface area contributed by atoms with E-state index >= 15 is 0 Å². The Bertz CT molecular complexity index is 1110. The Kier molecular flexibility index (Phi) is 4.72. The van der Waals surface area contributed by atoms with Gasteiger partial charge in [0.2, 0.25) is 11.1 Å². The first kappa shape index (κ1) is 17.8. The quantitative estimate of drug-likeness (QED) is 0.516. The Morgan fingerprint density at radius 3 is 2.59 bits per heavy atom. The zero-order chi connectivity index (χ0) is 19.0. The predicted octanol–water partition coefficient (Wildman–Crippen LogP) is 3.97. The van der Waals surface area contributed by atoms with Gasteiger partial charge in [0.1, 0.15) is 17.2 Å². The average molecular weight is 368 g/mol.